The van der Waals surface area contributed by atoms with E-state index in [1.165, 1.54) is 0 Å². The predicted molar refractivity (Wildman–Crippen MR) is 85.5 cm³/mol. The van der Waals surface area contributed by atoms with E-state index in [0.29, 0.717) is 13.2 Å². The zero-order valence-corrected chi connectivity index (χ0v) is 13.6. The zero-order chi connectivity index (χ0) is 16.2. The summed E-state index contributed by atoms with van der Waals surface area (Å²) in [6, 6.07) is 9.86. The van der Waals surface area contributed by atoms with Gasteiger partial charge >= 0.3 is 0 Å². The maximum absolute atomic E-state index is 12.4. The van der Waals surface area contributed by atoms with Crippen LogP contribution >= 0.6 is 0 Å². The monoisotopic (exact) mass is 314 g/mol. The molecule has 6 nitrogen and oxygen atoms in total. The lowest BCUT2D eigenvalue weighted by Crippen LogP contribution is -2.36. The summed E-state index contributed by atoms with van der Waals surface area (Å²) in [7, 11) is 1.78. The van der Waals surface area contributed by atoms with Gasteiger partial charge in [0.15, 0.2) is 5.82 Å². The first-order chi connectivity index (χ1) is 11.1. The molecule has 23 heavy (non-hydrogen) atoms. The van der Waals surface area contributed by atoms with Gasteiger partial charge in [0.2, 0.25) is 0 Å². The predicted octanol–water partition coefficient (Wildman–Crippen LogP) is 1.79. The van der Waals surface area contributed by atoms with Crippen LogP contribution in [0.15, 0.2) is 30.3 Å². The summed E-state index contributed by atoms with van der Waals surface area (Å²) in [6.45, 7) is 3.63. The molecule has 0 radical (unpaired) electrons. The van der Waals surface area contributed by atoms with E-state index in [1.54, 1.807) is 18.9 Å². The maximum atomic E-state index is 12.4. The lowest BCUT2D eigenvalue weighted by Gasteiger charge is -2.21. The van der Waals surface area contributed by atoms with Gasteiger partial charge in [-0.25, -0.2) is 0 Å². The Bertz CT molecular complexity index is 668. The molecule has 1 amide bonds. The summed E-state index contributed by atoms with van der Waals surface area (Å²) in [5, 5.41) is 8.37. The van der Waals surface area contributed by atoms with Gasteiger partial charge in [-0.3, -0.25) is 4.79 Å². The number of hydrogen-bond donors (Lipinski definition) is 0. The highest BCUT2D eigenvalue weighted by molar-refractivity contribution is 5.80. The van der Waals surface area contributed by atoms with E-state index < -0.39 is 6.10 Å². The number of carbonyl (C=O) groups excluding carboxylic acids is 1. The van der Waals surface area contributed by atoms with Crippen molar-refractivity contribution in [3.05, 3.63) is 47.5 Å². The molecule has 0 N–H and O–H groups in total. The van der Waals surface area contributed by atoms with Crippen LogP contribution in [-0.2, 0) is 35.6 Å². The minimum absolute atomic E-state index is 0.0451. The molecule has 0 saturated carbocycles. The van der Waals surface area contributed by atoms with Gasteiger partial charge in [-0.1, -0.05) is 30.3 Å². The first-order valence-electron chi connectivity index (χ1n) is 7.96. The van der Waals surface area contributed by atoms with Crippen molar-refractivity contribution < 1.29 is 9.53 Å². The van der Waals surface area contributed by atoms with Crippen LogP contribution in [0.1, 0.15) is 30.6 Å². The number of ether oxygens (including phenoxy) is 1. The van der Waals surface area contributed by atoms with E-state index in [9.17, 15) is 4.79 Å². The van der Waals surface area contributed by atoms with Crippen molar-refractivity contribution in [3.63, 3.8) is 0 Å². The Morgan fingerprint density at radius 1 is 1.35 bits per heavy atom. The van der Waals surface area contributed by atoms with Gasteiger partial charge in [0.05, 0.1) is 13.2 Å². The highest BCUT2D eigenvalue weighted by Gasteiger charge is 2.22. The molecule has 2 aromatic rings. The lowest BCUT2D eigenvalue weighted by atomic mass is 10.2. The summed E-state index contributed by atoms with van der Waals surface area (Å²) < 4.78 is 7.80. The molecule has 1 unspecified atom stereocenters. The SMILES string of the molecule is CC(OCc1ccccc1)C(=O)N(C)Cc1nnc2n1CCC2. The third-order valence-corrected chi connectivity index (χ3v) is 4.13. The summed E-state index contributed by atoms with van der Waals surface area (Å²) in [5.74, 6) is 1.83. The lowest BCUT2D eigenvalue weighted by molar-refractivity contribution is -0.142. The number of benzene rings is 1. The summed E-state index contributed by atoms with van der Waals surface area (Å²) in [6.07, 6.45) is 1.59. The summed E-state index contributed by atoms with van der Waals surface area (Å²) in [5.41, 5.74) is 1.06. The van der Waals surface area contributed by atoms with Gasteiger partial charge in [-0.15, -0.1) is 10.2 Å². The number of likely N-dealkylation sites (N-methyl/N-ethyl adjacent to an activating group) is 1. The molecular formula is C17H22N4O2. The molecule has 0 bridgehead atoms. The maximum Gasteiger partial charge on any atom is 0.251 e. The van der Waals surface area contributed by atoms with Crippen LogP contribution in [0.3, 0.4) is 0 Å². The van der Waals surface area contributed by atoms with E-state index in [4.69, 9.17) is 4.74 Å². The third-order valence-electron chi connectivity index (χ3n) is 4.13. The second kappa shape index (κ2) is 6.91. The number of hydrogen-bond acceptors (Lipinski definition) is 4. The molecule has 0 aliphatic carbocycles. The Kier molecular flexibility index (Phi) is 4.71. The Labute approximate surface area is 136 Å². The molecule has 122 valence electrons. The van der Waals surface area contributed by atoms with Crippen molar-refractivity contribution in [2.24, 2.45) is 0 Å². The molecule has 1 aliphatic heterocycles. The minimum atomic E-state index is -0.485. The summed E-state index contributed by atoms with van der Waals surface area (Å²) in [4.78, 5) is 14.1. The van der Waals surface area contributed by atoms with Crippen LogP contribution in [0.5, 0.6) is 0 Å². The number of aryl methyl sites for hydroxylation is 1. The highest BCUT2D eigenvalue weighted by Crippen LogP contribution is 2.15. The molecule has 0 saturated heterocycles. The number of aromatic nitrogens is 3. The number of rotatable bonds is 6. The first kappa shape index (κ1) is 15.7. The minimum Gasteiger partial charge on any atom is -0.364 e. The van der Waals surface area contributed by atoms with E-state index in [0.717, 1.165) is 36.6 Å². The number of fused-ring (bicyclic) bond motifs is 1. The Hall–Kier alpha value is -2.21. The second-order valence-electron chi connectivity index (χ2n) is 5.92. The zero-order valence-electron chi connectivity index (χ0n) is 13.6. The quantitative estimate of drug-likeness (QED) is 0.815. The van der Waals surface area contributed by atoms with Gasteiger partial charge in [-0.05, 0) is 18.9 Å². The third kappa shape index (κ3) is 3.59. The molecule has 6 heteroatoms. The fourth-order valence-corrected chi connectivity index (χ4v) is 2.79. The van der Waals surface area contributed by atoms with Crippen molar-refractivity contribution in [3.8, 4) is 0 Å². The Morgan fingerprint density at radius 2 is 2.13 bits per heavy atom. The van der Waals surface area contributed by atoms with Crippen LogP contribution in [0.25, 0.3) is 0 Å². The fraction of sp³-hybridized carbons (Fsp3) is 0.471. The second-order valence-corrected chi connectivity index (χ2v) is 5.92. The van der Waals surface area contributed by atoms with Gasteiger partial charge in [0.25, 0.3) is 5.91 Å². The average molecular weight is 314 g/mol. The number of nitrogens with zero attached hydrogens (tertiary/aromatic N) is 4. The molecular weight excluding hydrogens is 292 g/mol. The Morgan fingerprint density at radius 3 is 2.91 bits per heavy atom. The summed E-state index contributed by atoms with van der Waals surface area (Å²) >= 11 is 0. The van der Waals surface area contributed by atoms with Crippen molar-refractivity contribution in [2.45, 2.75) is 45.6 Å². The van der Waals surface area contributed by atoms with Crippen molar-refractivity contribution in [1.82, 2.24) is 19.7 Å². The van der Waals surface area contributed by atoms with E-state index in [-0.39, 0.29) is 5.91 Å². The molecule has 3 rings (SSSR count). The van der Waals surface area contributed by atoms with E-state index in [1.807, 2.05) is 30.3 Å². The van der Waals surface area contributed by atoms with Crippen molar-refractivity contribution in [2.75, 3.05) is 7.05 Å². The van der Waals surface area contributed by atoms with Crippen LogP contribution in [0, 0.1) is 0 Å². The normalized spacial score (nSPS) is 14.5. The molecule has 0 fully saturated rings. The first-order valence-corrected chi connectivity index (χ1v) is 7.96. The molecule has 1 aliphatic rings. The molecule has 0 spiro atoms. The smallest absolute Gasteiger partial charge is 0.251 e. The van der Waals surface area contributed by atoms with Gasteiger partial charge in [0.1, 0.15) is 11.9 Å². The van der Waals surface area contributed by atoms with Crippen LogP contribution in [-0.4, -0.2) is 38.7 Å². The van der Waals surface area contributed by atoms with Gasteiger partial charge < -0.3 is 14.2 Å². The molecule has 1 aromatic heterocycles. The van der Waals surface area contributed by atoms with Crippen molar-refractivity contribution in [1.29, 1.82) is 0 Å². The van der Waals surface area contributed by atoms with Crippen LogP contribution < -0.4 is 0 Å². The molecule has 1 aromatic carbocycles. The largest absolute Gasteiger partial charge is 0.364 e. The number of amides is 1. The van der Waals surface area contributed by atoms with Gasteiger partial charge in [0, 0.05) is 20.0 Å². The number of carbonyl (C=O) groups is 1. The standard InChI is InChI=1S/C17H22N4O2/c1-13(23-12-14-7-4-3-5-8-14)17(22)20(2)11-16-19-18-15-9-6-10-21(15)16/h3-5,7-8,13H,6,9-12H2,1-2H3. The van der Waals surface area contributed by atoms with Crippen molar-refractivity contribution >= 4 is 5.91 Å². The van der Waals surface area contributed by atoms with Crippen LogP contribution in [0.2, 0.25) is 0 Å². The van der Waals surface area contributed by atoms with E-state index >= 15 is 0 Å². The average Bonchev–Trinajstić information content (AvgIpc) is 3.18. The highest BCUT2D eigenvalue weighted by atomic mass is 16.5. The topological polar surface area (TPSA) is 60.2 Å². The van der Waals surface area contributed by atoms with Gasteiger partial charge in [-0.2, -0.15) is 0 Å². The molecule has 1 atom stereocenters. The molecule has 2 heterocycles. The van der Waals surface area contributed by atoms with E-state index in [2.05, 4.69) is 14.8 Å². The Balaban J connectivity index is 1.54. The van der Waals surface area contributed by atoms with Crippen LogP contribution in [0.4, 0.5) is 0 Å². The fourth-order valence-electron chi connectivity index (χ4n) is 2.79.